The molecule has 2 aromatic rings. The van der Waals surface area contributed by atoms with Gasteiger partial charge in [0.1, 0.15) is 18.5 Å². The summed E-state index contributed by atoms with van der Waals surface area (Å²) in [4.78, 5) is 8.18. The number of nitrogens with one attached hydrogen (secondary N) is 1. The zero-order valence-corrected chi connectivity index (χ0v) is 14.2. The number of aliphatic hydroxyl groups excluding tert-OH is 1. The first-order valence-corrected chi connectivity index (χ1v) is 8.04. The van der Waals surface area contributed by atoms with E-state index < -0.39 is 6.10 Å². The minimum absolute atomic E-state index is 0.207. The summed E-state index contributed by atoms with van der Waals surface area (Å²) in [5, 5.41) is 13.7. The Kier molecular flexibility index (Phi) is 7.05. The fourth-order valence-corrected chi connectivity index (χ4v) is 2.58. The predicted octanol–water partition coefficient (Wildman–Crippen LogP) is 2.46. The Hall–Kier alpha value is -1.21. The van der Waals surface area contributed by atoms with Crippen LogP contribution in [0.5, 0.6) is 5.75 Å². The van der Waals surface area contributed by atoms with Crippen LogP contribution in [0.25, 0.3) is 0 Å². The molecule has 0 spiro atoms. The number of hydrogen-bond acceptors (Lipinski definition) is 5. The zero-order chi connectivity index (χ0) is 15.8. The molecule has 2 N–H and O–H groups in total. The zero-order valence-electron chi connectivity index (χ0n) is 11.9. The molecule has 0 bridgehead atoms. The van der Waals surface area contributed by atoms with Gasteiger partial charge in [-0.15, -0.1) is 0 Å². The lowest BCUT2D eigenvalue weighted by molar-refractivity contribution is 0.106. The molecule has 0 aliphatic carbocycles. The van der Waals surface area contributed by atoms with E-state index >= 15 is 0 Å². The van der Waals surface area contributed by atoms with Gasteiger partial charge >= 0.3 is 0 Å². The Bertz CT molecular complexity index is 586. The molecule has 2 rings (SSSR count). The summed E-state index contributed by atoms with van der Waals surface area (Å²) >= 11 is 9.23. The van der Waals surface area contributed by atoms with Crippen molar-refractivity contribution in [1.29, 1.82) is 0 Å². The van der Waals surface area contributed by atoms with Crippen LogP contribution in [0.4, 0.5) is 0 Å². The van der Waals surface area contributed by atoms with Crippen LogP contribution in [0.1, 0.15) is 5.69 Å². The fourth-order valence-electron chi connectivity index (χ4n) is 1.78. The molecular weight excluding hydrogens is 370 g/mol. The number of halogens is 2. The highest BCUT2D eigenvalue weighted by atomic mass is 79.9. The van der Waals surface area contributed by atoms with E-state index in [1.165, 1.54) is 0 Å². The smallest absolute Gasteiger partial charge is 0.133 e. The number of ether oxygens (including phenoxy) is 1. The highest BCUT2D eigenvalue weighted by molar-refractivity contribution is 9.10. The normalized spacial score (nSPS) is 12.1. The lowest BCUT2D eigenvalue weighted by Gasteiger charge is -2.14. The second-order valence-corrected chi connectivity index (χ2v) is 5.98. The van der Waals surface area contributed by atoms with Crippen LogP contribution in [0.3, 0.4) is 0 Å². The Morgan fingerprint density at radius 2 is 2.23 bits per heavy atom. The predicted molar refractivity (Wildman–Crippen MR) is 89.3 cm³/mol. The minimum Gasteiger partial charge on any atom is -0.490 e. The summed E-state index contributed by atoms with van der Waals surface area (Å²) in [6.45, 7) is 1.38. The van der Waals surface area contributed by atoms with Crippen LogP contribution < -0.4 is 10.1 Å². The van der Waals surface area contributed by atoms with E-state index in [-0.39, 0.29) is 6.61 Å². The fraction of sp³-hybridized carbons (Fsp3) is 0.333. The van der Waals surface area contributed by atoms with Crippen LogP contribution in [0, 0.1) is 0 Å². The number of aliphatic hydroxyl groups is 1. The van der Waals surface area contributed by atoms with E-state index in [0.717, 1.165) is 23.1 Å². The number of rotatable bonds is 8. The van der Waals surface area contributed by atoms with Crippen molar-refractivity contribution in [3.63, 3.8) is 0 Å². The SMILES string of the molecule is OC(CNCCc1cnccn1)COc1ccc(Cl)cc1Br. The second kappa shape index (κ2) is 9.05. The molecule has 0 saturated heterocycles. The van der Waals surface area contributed by atoms with Crippen LogP contribution in [-0.2, 0) is 6.42 Å². The first-order valence-electron chi connectivity index (χ1n) is 6.86. The highest BCUT2D eigenvalue weighted by Gasteiger charge is 2.07. The van der Waals surface area contributed by atoms with Crippen molar-refractivity contribution in [2.45, 2.75) is 12.5 Å². The number of benzene rings is 1. The molecule has 0 aliphatic rings. The van der Waals surface area contributed by atoms with Crippen molar-refractivity contribution in [2.75, 3.05) is 19.7 Å². The maximum absolute atomic E-state index is 9.90. The van der Waals surface area contributed by atoms with Crippen LogP contribution in [0.2, 0.25) is 5.02 Å². The third-order valence-electron chi connectivity index (χ3n) is 2.88. The number of hydrogen-bond donors (Lipinski definition) is 2. The molecule has 5 nitrogen and oxygen atoms in total. The maximum Gasteiger partial charge on any atom is 0.133 e. The van der Waals surface area contributed by atoms with Gasteiger partial charge in [-0.25, -0.2) is 0 Å². The molecule has 0 saturated carbocycles. The van der Waals surface area contributed by atoms with Crippen molar-refractivity contribution in [3.8, 4) is 5.75 Å². The summed E-state index contributed by atoms with van der Waals surface area (Å²) < 4.78 is 6.32. The molecule has 1 unspecified atom stereocenters. The Labute approximate surface area is 142 Å². The maximum atomic E-state index is 9.90. The lowest BCUT2D eigenvalue weighted by Crippen LogP contribution is -2.32. The second-order valence-electron chi connectivity index (χ2n) is 4.69. The van der Waals surface area contributed by atoms with Crippen molar-refractivity contribution < 1.29 is 9.84 Å². The molecule has 118 valence electrons. The van der Waals surface area contributed by atoms with E-state index in [9.17, 15) is 5.11 Å². The summed E-state index contributed by atoms with van der Waals surface area (Å²) in [5.74, 6) is 0.656. The van der Waals surface area contributed by atoms with Gasteiger partial charge in [0.25, 0.3) is 0 Å². The average Bonchev–Trinajstić information content (AvgIpc) is 2.52. The van der Waals surface area contributed by atoms with Crippen LogP contribution in [-0.4, -0.2) is 40.9 Å². The molecular formula is C15H17BrClN3O2. The van der Waals surface area contributed by atoms with Gasteiger partial charge in [0, 0.05) is 43.1 Å². The Balaban J connectivity index is 1.64. The first kappa shape index (κ1) is 17.1. The standard InChI is InChI=1S/C15H17BrClN3O2/c16-14-7-11(17)1-2-15(14)22-10-13(21)9-18-4-3-12-8-19-5-6-20-12/h1-2,5-8,13,18,21H,3-4,9-10H2. The molecule has 7 heteroatoms. The van der Waals surface area contributed by atoms with Crippen molar-refractivity contribution in [2.24, 2.45) is 0 Å². The summed E-state index contributed by atoms with van der Waals surface area (Å²) in [6, 6.07) is 5.26. The van der Waals surface area contributed by atoms with Gasteiger partial charge in [0.2, 0.25) is 0 Å². The van der Waals surface area contributed by atoms with E-state index in [2.05, 4.69) is 31.2 Å². The van der Waals surface area contributed by atoms with Crippen molar-refractivity contribution in [3.05, 3.63) is 52.0 Å². The number of aromatic nitrogens is 2. The van der Waals surface area contributed by atoms with E-state index in [1.807, 2.05) is 0 Å². The van der Waals surface area contributed by atoms with Gasteiger partial charge < -0.3 is 15.2 Å². The van der Waals surface area contributed by atoms with E-state index in [4.69, 9.17) is 16.3 Å². The van der Waals surface area contributed by atoms with Crippen LogP contribution >= 0.6 is 27.5 Å². The van der Waals surface area contributed by atoms with Crippen molar-refractivity contribution >= 4 is 27.5 Å². The molecule has 1 aromatic carbocycles. The summed E-state index contributed by atoms with van der Waals surface area (Å²) in [7, 11) is 0. The minimum atomic E-state index is -0.593. The quantitative estimate of drug-likeness (QED) is 0.682. The van der Waals surface area contributed by atoms with Crippen LogP contribution in [0.15, 0.2) is 41.3 Å². The third-order valence-corrected chi connectivity index (χ3v) is 3.73. The lowest BCUT2D eigenvalue weighted by atomic mass is 10.3. The third kappa shape index (κ3) is 5.88. The van der Waals surface area contributed by atoms with E-state index in [0.29, 0.717) is 17.3 Å². The van der Waals surface area contributed by atoms with Gasteiger partial charge in [-0.2, -0.15) is 0 Å². The van der Waals surface area contributed by atoms with Gasteiger partial charge in [-0.05, 0) is 34.1 Å². The molecule has 0 amide bonds. The first-order chi connectivity index (χ1) is 10.6. The van der Waals surface area contributed by atoms with Crippen molar-refractivity contribution in [1.82, 2.24) is 15.3 Å². The van der Waals surface area contributed by atoms with Gasteiger partial charge in [-0.1, -0.05) is 11.6 Å². The monoisotopic (exact) mass is 385 g/mol. The molecule has 1 aromatic heterocycles. The molecule has 0 radical (unpaired) electrons. The largest absolute Gasteiger partial charge is 0.490 e. The number of nitrogens with zero attached hydrogens (tertiary/aromatic N) is 2. The van der Waals surface area contributed by atoms with E-state index in [1.54, 1.807) is 36.8 Å². The molecule has 1 heterocycles. The Morgan fingerprint density at radius 1 is 1.36 bits per heavy atom. The molecule has 0 aliphatic heterocycles. The Morgan fingerprint density at radius 3 is 2.95 bits per heavy atom. The topological polar surface area (TPSA) is 67.3 Å². The summed E-state index contributed by atoms with van der Waals surface area (Å²) in [5.41, 5.74) is 0.922. The molecule has 0 fully saturated rings. The van der Waals surface area contributed by atoms with Gasteiger partial charge in [0.05, 0.1) is 10.2 Å². The van der Waals surface area contributed by atoms with Gasteiger partial charge in [-0.3, -0.25) is 9.97 Å². The molecule has 22 heavy (non-hydrogen) atoms. The average molecular weight is 387 g/mol. The molecule has 1 atom stereocenters. The van der Waals surface area contributed by atoms with Gasteiger partial charge in [0.15, 0.2) is 0 Å². The highest BCUT2D eigenvalue weighted by Crippen LogP contribution is 2.27. The summed E-state index contributed by atoms with van der Waals surface area (Å²) in [6.07, 6.45) is 5.22.